The lowest BCUT2D eigenvalue weighted by molar-refractivity contribution is 0.318. The second kappa shape index (κ2) is 6.63. The molecule has 0 unspecified atom stereocenters. The Morgan fingerprint density at radius 1 is 1.39 bits per heavy atom. The van der Waals surface area contributed by atoms with Gasteiger partial charge in [-0.3, -0.25) is 4.90 Å². The Morgan fingerprint density at radius 3 is 2.89 bits per heavy atom. The number of nitrogens with zero attached hydrogens (tertiary/aromatic N) is 2. The number of halogens is 1. The van der Waals surface area contributed by atoms with Gasteiger partial charge in [0.2, 0.25) is 0 Å². The summed E-state index contributed by atoms with van der Waals surface area (Å²) in [5, 5.41) is 6.38. The van der Waals surface area contributed by atoms with Gasteiger partial charge in [-0.25, -0.2) is 4.98 Å². The van der Waals surface area contributed by atoms with Crippen molar-refractivity contribution in [1.82, 2.24) is 15.2 Å². The van der Waals surface area contributed by atoms with Crippen molar-refractivity contribution in [2.75, 3.05) is 14.1 Å². The summed E-state index contributed by atoms with van der Waals surface area (Å²) in [5.74, 6) is 0. The number of nitrogens with one attached hydrogen (secondary N) is 1. The van der Waals surface area contributed by atoms with Crippen molar-refractivity contribution in [2.24, 2.45) is 0 Å². The largest absolute Gasteiger partial charge is 0.314 e. The molecule has 0 bridgehead atoms. The number of aromatic nitrogens is 1. The van der Waals surface area contributed by atoms with Crippen LogP contribution in [0.15, 0.2) is 17.5 Å². The molecule has 2 heterocycles. The third-order valence-corrected chi connectivity index (χ3v) is 4.53. The molecule has 0 aliphatic heterocycles. The number of rotatable bonds is 6. The Morgan fingerprint density at radius 2 is 2.22 bits per heavy atom. The van der Waals surface area contributed by atoms with Crippen molar-refractivity contribution in [1.29, 1.82) is 0 Å². The summed E-state index contributed by atoms with van der Waals surface area (Å²) < 4.78 is 0.850. The predicted molar refractivity (Wildman–Crippen MR) is 79.4 cm³/mol. The van der Waals surface area contributed by atoms with Gasteiger partial charge in [-0.15, -0.1) is 22.7 Å². The maximum Gasteiger partial charge on any atom is 0.107 e. The predicted octanol–water partition coefficient (Wildman–Crippen LogP) is 3.21. The summed E-state index contributed by atoms with van der Waals surface area (Å²) in [6.45, 7) is 2.63. The highest BCUT2D eigenvalue weighted by Crippen LogP contribution is 2.23. The van der Waals surface area contributed by atoms with Crippen LogP contribution in [0.25, 0.3) is 0 Å². The van der Waals surface area contributed by atoms with Crippen LogP contribution in [0.4, 0.5) is 0 Å². The highest BCUT2D eigenvalue weighted by atomic mass is 35.5. The second-order valence-corrected chi connectivity index (χ2v) is 6.88. The Kier molecular flexibility index (Phi) is 5.14. The highest BCUT2D eigenvalue weighted by molar-refractivity contribution is 7.16. The van der Waals surface area contributed by atoms with Crippen LogP contribution in [0.3, 0.4) is 0 Å². The molecule has 0 saturated carbocycles. The first-order valence-corrected chi connectivity index (χ1v) is 7.75. The van der Waals surface area contributed by atoms with E-state index in [0.717, 1.165) is 34.7 Å². The molecule has 3 nitrogen and oxygen atoms in total. The molecule has 2 rings (SSSR count). The molecule has 18 heavy (non-hydrogen) atoms. The minimum Gasteiger partial charge on any atom is -0.314 e. The van der Waals surface area contributed by atoms with E-state index in [-0.39, 0.29) is 0 Å². The molecule has 0 aliphatic rings. The molecule has 1 N–H and O–H groups in total. The van der Waals surface area contributed by atoms with Gasteiger partial charge in [0.15, 0.2) is 0 Å². The van der Waals surface area contributed by atoms with Gasteiger partial charge in [0, 0.05) is 29.9 Å². The van der Waals surface area contributed by atoms with Gasteiger partial charge >= 0.3 is 0 Å². The van der Waals surface area contributed by atoms with E-state index in [0.29, 0.717) is 0 Å². The standard InChI is InChI=1S/C12H16ClN3S2/c1-14-5-12-15-9(8-17-12)6-16(2)7-10-3-4-11(13)18-10/h3-4,8,14H,5-7H2,1-2H3. The molecule has 0 radical (unpaired) electrons. The summed E-state index contributed by atoms with van der Waals surface area (Å²) >= 11 is 9.27. The Labute approximate surface area is 120 Å². The van der Waals surface area contributed by atoms with Crippen molar-refractivity contribution in [3.05, 3.63) is 37.4 Å². The van der Waals surface area contributed by atoms with Crippen molar-refractivity contribution in [3.63, 3.8) is 0 Å². The monoisotopic (exact) mass is 301 g/mol. The Bertz CT molecular complexity index is 495. The topological polar surface area (TPSA) is 28.2 Å². The molecule has 0 aliphatic carbocycles. The van der Waals surface area contributed by atoms with E-state index in [2.05, 4.69) is 33.7 Å². The normalized spacial score (nSPS) is 11.3. The van der Waals surface area contributed by atoms with Crippen LogP contribution in [0.5, 0.6) is 0 Å². The van der Waals surface area contributed by atoms with E-state index in [1.807, 2.05) is 13.1 Å². The average Bonchev–Trinajstić information content (AvgIpc) is 2.89. The first-order chi connectivity index (χ1) is 8.67. The summed E-state index contributed by atoms with van der Waals surface area (Å²) in [6.07, 6.45) is 0. The molecule has 6 heteroatoms. The first kappa shape index (κ1) is 14.0. The molecule has 2 aromatic heterocycles. The third-order valence-electron chi connectivity index (χ3n) is 2.41. The van der Waals surface area contributed by atoms with E-state index in [1.165, 1.54) is 4.88 Å². The van der Waals surface area contributed by atoms with Crippen LogP contribution in [0, 0.1) is 0 Å². The van der Waals surface area contributed by atoms with E-state index < -0.39 is 0 Å². The van der Waals surface area contributed by atoms with Gasteiger partial charge in [-0.05, 0) is 26.2 Å². The second-order valence-electron chi connectivity index (χ2n) is 4.14. The van der Waals surface area contributed by atoms with Crippen molar-refractivity contribution >= 4 is 34.3 Å². The Hall–Kier alpha value is -0.460. The maximum absolute atomic E-state index is 5.92. The fraction of sp³-hybridized carbons (Fsp3) is 0.417. The zero-order valence-corrected chi connectivity index (χ0v) is 12.8. The number of thiazole rings is 1. The fourth-order valence-corrected chi connectivity index (χ4v) is 3.65. The third kappa shape index (κ3) is 4.03. The molecular formula is C12H16ClN3S2. The van der Waals surface area contributed by atoms with Gasteiger partial charge in [0.1, 0.15) is 5.01 Å². The fourth-order valence-electron chi connectivity index (χ4n) is 1.69. The summed E-state index contributed by atoms with van der Waals surface area (Å²) in [7, 11) is 4.04. The molecule has 0 saturated heterocycles. The Balaban J connectivity index is 1.88. The summed E-state index contributed by atoms with van der Waals surface area (Å²) in [4.78, 5) is 8.11. The van der Waals surface area contributed by atoms with Crippen molar-refractivity contribution < 1.29 is 0 Å². The van der Waals surface area contributed by atoms with Crippen LogP contribution in [0.1, 0.15) is 15.6 Å². The quantitative estimate of drug-likeness (QED) is 0.888. The van der Waals surface area contributed by atoms with E-state index in [4.69, 9.17) is 11.6 Å². The van der Waals surface area contributed by atoms with Crippen LogP contribution >= 0.6 is 34.3 Å². The molecular weight excluding hydrogens is 286 g/mol. The van der Waals surface area contributed by atoms with Gasteiger partial charge in [-0.2, -0.15) is 0 Å². The molecule has 98 valence electrons. The summed E-state index contributed by atoms with van der Waals surface area (Å²) in [5.41, 5.74) is 1.13. The number of hydrogen-bond acceptors (Lipinski definition) is 5. The first-order valence-electron chi connectivity index (χ1n) is 5.68. The van der Waals surface area contributed by atoms with Crippen molar-refractivity contribution in [3.8, 4) is 0 Å². The minimum absolute atomic E-state index is 0.842. The van der Waals surface area contributed by atoms with Gasteiger partial charge in [0.25, 0.3) is 0 Å². The summed E-state index contributed by atoms with van der Waals surface area (Å²) in [6, 6.07) is 4.03. The van der Waals surface area contributed by atoms with Crippen LogP contribution in [-0.4, -0.2) is 24.0 Å². The molecule has 0 aromatic carbocycles. The highest BCUT2D eigenvalue weighted by Gasteiger charge is 2.07. The van der Waals surface area contributed by atoms with E-state index >= 15 is 0 Å². The van der Waals surface area contributed by atoms with Crippen molar-refractivity contribution in [2.45, 2.75) is 19.6 Å². The lowest BCUT2D eigenvalue weighted by Gasteiger charge is -2.13. The molecule has 0 atom stereocenters. The average molecular weight is 302 g/mol. The van der Waals surface area contributed by atoms with E-state index in [1.54, 1.807) is 22.7 Å². The maximum atomic E-state index is 5.92. The lowest BCUT2D eigenvalue weighted by Crippen LogP contribution is -2.16. The number of thiophene rings is 1. The minimum atomic E-state index is 0.842. The van der Waals surface area contributed by atoms with Gasteiger partial charge in [-0.1, -0.05) is 11.6 Å². The number of hydrogen-bond donors (Lipinski definition) is 1. The van der Waals surface area contributed by atoms with Crippen LogP contribution < -0.4 is 5.32 Å². The van der Waals surface area contributed by atoms with Gasteiger partial charge < -0.3 is 5.32 Å². The van der Waals surface area contributed by atoms with E-state index in [9.17, 15) is 0 Å². The molecule has 0 spiro atoms. The smallest absolute Gasteiger partial charge is 0.107 e. The molecule has 0 amide bonds. The van der Waals surface area contributed by atoms with Crippen LogP contribution in [-0.2, 0) is 19.6 Å². The molecule has 2 aromatic rings. The zero-order chi connectivity index (χ0) is 13.0. The van der Waals surface area contributed by atoms with Crippen LogP contribution in [0.2, 0.25) is 4.34 Å². The molecule has 0 fully saturated rings. The lowest BCUT2D eigenvalue weighted by atomic mass is 10.4. The zero-order valence-electron chi connectivity index (χ0n) is 10.4. The van der Waals surface area contributed by atoms with Gasteiger partial charge in [0.05, 0.1) is 10.0 Å². The SMILES string of the molecule is CNCc1nc(CN(C)Cc2ccc(Cl)s2)cs1.